The highest BCUT2D eigenvalue weighted by Crippen LogP contribution is 2.27. The SMILES string of the molecule is NC(c1ccc(Cl)cc1F)c1ccc(Cl)cc1F. The first-order valence-corrected chi connectivity index (χ1v) is 5.90. The molecular formula is C13H9Cl2F2N. The zero-order valence-electron chi connectivity index (χ0n) is 9.13. The van der Waals surface area contributed by atoms with Crippen molar-refractivity contribution in [3.8, 4) is 0 Å². The molecular weight excluding hydrogens is 279 g/mol. The number of hydrogen-bond acceptors (Lipinski definition) is 1. The molecule has 0 amide bonds. The number of hydrogen-bond donors (Lipinski definition) is 1. The third kappa shape index (κ3) is 2.64. The van der Waals surface area contributed by atoms with Crippen molar-refractivity contribution in [1.82, 2.24) is 0 Å². The van der Waals surface area contributed by atoms with Gasteiger partial charge in [-0.25, -0.2) is 8.78 Å². The minimum absolute atomic E-state index is 0.181. The molecule has 0 aromatic heterocycles. The van der Waals surface area contributed by atoms with E-state index in [1.165, 1.54) is 24.3 Å². The van der Waals surface area contributed by atoms with E-state index < -0.39 is 17.7 Å². The van der Waals surface area contributed by atoms with Crippen molar-refractivity contribution in [1.29, 1.82) is 0 Å². The van der Waals surface area contributed by atoms with Gasteiger partial charge in [0.1, 0.15) is 11.6 Å². The molecule has 0 saturated heterocycles. The van der Waals surface area contributed by atoms with Crippen LogP contribution in [0.3, 0.4) is 0 Å². The summed E-state index contributed by atoms with van der Waals surface area (Å²) < 4.78 is 27.4. The van der Waals surface area contributed by atoms with Crippen LogP contribution in [0.25, 0.3) is 0 Å². The lowest BCUT2D eigenvalue weighted by molar-refractivity contribution is 0.576. The molecule has 0 heterocycles. The Balaban J connectivity index is 2.44. The second-order valence-corrected chi connectivity index (χ2v) is 4.68. The molecule has 0 bridgehead atoms. The second-order valence-electron chi connectivity index (χ2n) is 3.81. The summed E-state index contributed by atoms with van der Waals surface area (Å²) in [6.07, 6.45) is 0. The van der Waals surface area contributed by atoms with Crippen molar-refractivity contribution >= 4 is 23.2 Å². The summed E-state index contributed by atoms with van der Waals surface area (Å²) in [5.74, 6) is -1.13. The molecule has 1 nitrogen and oxygen atoms in total. The Bertz CT molecular complexity index is 536. The molecule has 0 fully saturated rings. The average Bonchev–Trinajstić information content (AvgIpc) is 2.28. The summed E-state index contributed by atoms with van der Waals surface area (Å²) in [7, 11) is 0. The number of halogens is 4. The van der Waals surface area contributed by atoms with E-state index in [1.54, 1.807) is 0 Å². The Kier molecular flexibility index (Phi) is 3.85. The highest BCUT2D eigenvalue weighted by Gasteiger charge is 2.17. The lowest BCUT2D eigenvalue weighted by Gasteiger charge is -2.14. The van der Waals surface area contributed by atoms with Gasteiger partial charge < -0.3 is 5.73 Å². The van der Waals surface area contributed by atoms with Crippen LogP contribution in [0.1, 0.15) is 17.2 Å². The maximum absolute atomic E-state index is 13.7. The summed E-state index contributed by atoms with van der Waals surface area (Å²) in [5, 5.41) is 0.528. The second kappa shape index (κ2) is 5.22. The molecule has 0 atom stereocenters. The zero-order valence-corrected chi connectivity index (χ0v) is 10.6. The summed E-state index contributed by atoms with van der Waals surface area (Å²) >= 11 is 11.3. The molecule has 2 rings (SSSR count). The van der Waals surface area contributed by atoms with Crippen molar-refractivity contribution in [2.75, 3.05) is 0 Å². The Morgan fingerprint density at radius 2 is 1.22 bits per heavy atom. The van der Waals surface area contributed by atoms with Crippen molar-refractivity contribution < 1.29 is 8.78 Å². The monoisotopic (exact) mass is 287 g/mol. The van der Waals surface area contributed by atoms with Gasteiger partial charge in [0, 0.05) is 21.2 Å². The van der Waals surface area contributed by atoms with Crippen molar-refractivity contribution in [2.45, 2.75) is 6.04 Å². The van der Waals surface area contributed by atoms with E-state index in [-0.39, 0.29) is 21.2 Å². The van der Waals surface area contributed by atoms with Gasteiger partial charge in [-0.05, 0) is 24.3 Å². The molecule has 2 aromatic carbocycles. The van der Waals surface area contributed by atoms with Gasteiger partial charge in [0.25, 0.3) is 0 Å². The number of nitrogens with two attached hydrogens (primary N) is 1. The highest BCUT2D eigenvalue weighted by atomic mass is 35.5. The minimum Gasteiger partial charge on any atom is -0.320 e. The highest BCUT2D eigenvalue weighted by molar-refractivity contribution is 6.30. The largest absolute Gasteiger partial charge is 0.320 e. The molecule has 0 spiro atoms. The van der Waals surface area contributed by atoms with Crippen molar-refractivity contribution in [3.05, 3.63) is 69.2 Å². The fraction of sp³-hybridized carbons (Fsp3) is 0.0769. The van der Waals surface area contributed by atoms with E-state index in [2.05, 4.69) is 0 Å². The first-order chi connectivity index (χ1) is 8.49. The normalized spacial score (nSPS) is 11.0. The predicted molar refractivity (Wildman–Crippen MR) is 68.9 cm³/mol. The van der Waals surface area contributed by atoms with Crippen LogP contribution in [-0.2, 0) is 0 Å². The van der Waals surface area contributed by atoms with Crippen LogP contribution >= 0.6 is 23.2 Å². The Labute approximate surface area is 113 Å². The summed E-state index contributed by atoms with van der Waals surface area (Å²) in [6, 6.07) is 7.28. The van der Waals surface area contributed by atoms with Gasteiger partial charge in [-0.3, -0.25) is 0 Å². The van der Waals surface area contributed by atoms with E-state index in [4.69, 9.17) is 28.9 Å². The van der Waals surface area contributed by atoms with Crippen LogP contribution in [0.4, 0.5) is 8.78 Å². The first kappa shape index (κ1) is 13.3. The number of rotatable bonds is 2. The summed E-state index contributed by atoms with van der Waals surface area (Å²) in [5.41, 5.74) is 6.21. The molecule has 0 unspecified atom stereocenters. The third-order valence-corrected chi connectivity index (χ3v) is 3.07. The molecule has 94 valence electrons. The molecule has 2 N–H and O–H groups in total. The van der Waals surface area contributed by atoms with Gasteiger partial charge in [0.2, 0.25) is 0 Å². The molecule has 2 aromatic rings. The van der Waals surface area contributed by atoms with Crippen LogP contribution in [0.2, 0.25) is 10.0 Å². The predicted octanol–water partition coefficient (Wildman–Crippen LogP) is 4.32. The molecule has 0 radical (unpaired) electrons. The van der Waals surface area contributed by atoms with Gasteiger partial charge in [-0.2, -0.15) is 0 Å². The quantitative estimate of drug-likeness (QED) is 0.875. The Hall–Kier alpha value is -1.16. The standard InChI is InChI=1S/C13H9Cl2F2N/c14-7-1-3-9(11(16)5-7)13(18)10-4-2-8(15)6-12(10)17/h1-6,13H,18H2. The molecule has 0 aliphatic heterocycles. The molecule has 0 aliphatic carbocycles. The minimum atomic E-state index is -0.903. The topological polar surface area (TPSA) is 26.0 Å². The van der Waals surface area contributed by atoms with E-state index in [0.29, 0.717) is 0 Å². The van der Waals surface area contributed by atoms with Gasteiger partial charge in [-0.15, -0.1) is 0 Å². The van der Waals surface area contributed by atoms with Crippen LogP contribution in [0.15, 0.2) is 36.4 Å². The van der Waals surface area contributed by atoms with Crippen molar-refractivity contribution in [3.63, 3.8) is 0 Å². The maximum atomic E-state index is 13.7. The summed E-state index contributed by atoms with van der Waals surface area (Å²) in [6.45, 7) is 0. The smallest absolute Gasteiger partial charge is 0.129 e. The van der Waals surface area contributed by atoms with E-state index in [1.807, 2.05) is 0 Å². The average molecular weight is 288 g/mol. The lowest BCUT2D eigenvalue weighted by Crippen LogP contribution is -2.15. The van der Waals surface area contributed by atoms with E-state index >= 15 is 0 Å². The van der Waals surface area contributed by atoms with Crippen LogP contribution in [-0.4, -0.2) is 0 Å². The molecule has 0 saturated carbocycles. The maximum Gasteiger partial charge on any atom is 0.129 e. The van der Waals surface area contributed by atoms with Gasteiger partial charge >= 0.3 is 0 Å². The fourth-order valence-electron chi connectivity index (χ4n) is 1.67. The van der Waals surface area contributed by atoms with Gasteiger partial charge in [0.15, 0.2) is 0 Å². The van der Waals surface area contributed by atoms with E-state index in [0.717, 1.165) is 12.1 Å². The third-order valence-electron chi connectivity index (χ3n) is 2.60. The Morgan fingerprint density at radius 1 is 0.833 bits per heavy atom. The molecule has 0 aliphatic rings. The van der Waals surface area contributed by atoms with Crippen molar-refractivity contribution in [2.24, 2.45) is 5.73 Å². The molecule has 5 heteroatoms. The van der Waals surface area contributed by atoms with Crippen LogP contribution < -0.4 is 5.73 Å². The van der Waals surface area contributed by atoms with Gasteiger partial charge in [-0.1, -0.05) is 35.3 Å². The first-order valence-electron chi connectivity index (χ1n) is 5.14. The summed E-state index contributed by atoms with van der Waals surface area (Å²) in [4.78, 5) is 0. The van der Waals surface area contributed by atoms with Crippen LogP contribution in [0.5, 0.6) is 0 Å². The van der Waals surface area contributed by atoms with E-state index in [9.17, 15) is 8.78 Å². The number of benzene rings is 2. The van der Waals surface area contributed by atoms with Crippen LogP contribution in [0, 0.1) is 11.6 Å². The molecule has 18 heavy (non-hydrogen) atoms. The zero-order chi connectivity index (χ0) is 13.3. The lowest BCUT2D eigenvalue weighted by atomic mass is 9.99. The fourth-order valence-corrected chi connectivity index (χ4v) is 1.99. The van der Waals surface area contributed by atoms with Gasteiger partial charge in [0.05, 0.1) is 6.04 Å². The Morgan fingerprint density at radius 3 is 1.56 bits per heavy atom.